The smallest absolute Gasteiger partial charge is 0.123 e. The van der Waals surface area contributed by atoms with Gasteiger partial charge < -0.3 is 5.11 Å². The Hall–Kier alpha value is -1.94. The molecule has 0 bridgehead atoms. The van der Waals surface area contributed by atoms with E-state index in [0.29, 0.717) is 12.3 Å². The molecule has 0 fully saturated rings. The lowest BCUT2D eigenvalue weighted by atomic mass is 9.96. The Bertz CT molecular complexity index is 489. The van der Waals surface area contributed by atoms with Crippen molar-refractivity contribution < 1.29 is 5.11 Å². The molecular formula is C17H20O. The molecule has 0 radical (unpaired) electrons. The molecule has 1 aromatic carbocycles. The van der Waals surface area contributed by atoms with Gasteiger partial charge in [-0.3, -0.25) is 0 Å². The molecule has 1 rings (SSSR count). The maximum absolute atomic E-state index is 9.95. The van der Waals surface area contributed by atoms with Crippen LogP contribution in [0.15, 0.2) is 24.8 Å². The fraction of sp³-hybridized carbons (Fsp3) is 0.294. The first-order valence-corrected chi connectivity index (χ1v) is 6.23. The highest BCUT2D eigenvalue weighted by atomic mass is 16.3. The van der Waals surface area contributed by atoms with Gasteiger partial charge in [-0.1, -0.05) is 51.1 Å². The molecule has 0 spiro atoms. The molecule has 0 saturated carbocycles. The van der Waals surface area contributed by atoms with Gasteiger partial charge in [-0.05, 0) is 23.1 Å². The number of phenols is 1. The van der Waals surface area contributed by atoms with Crippen molar-refractivity contribution in [3.63, 3.8) is 0 Å². The summed E-state index contributed by atoms with van der Waals surface area (Å²) in [5.41, 5.74) is 2.75. The standard InChI is InChI=1S/C17H20O/c1-5-8-14-10-12-17(18)16(15(14)7-3)11-9-13(4)6-2/h1,7,9-13,18H,3,6,8H2,2,4H3/b11-9-. The number of terminal acetylenes is 1. The molecule has 0 saturated heterocycles. The Morgan fingerprint density at radius 3 is 2.72 bits per heavy atom. The van der Waals surface area contributed by atoms with Crippen LogP contribution in [-0.4, -0.2) is 5.11 Å². The Morgan fingerprint density at radius 1 is 1.44 bits per heavy atom. The molecule has 1 heteroatoms. The third kappa shape index (κ3) is 3.28. The van der Waals surface area contributed by atoms with E-state index in [0.717, 1.165) is 23.1 Å². The van der Waals surface area contributed by atoms with E-state index in [-0.39, 0.29) is 5.75 Å². The van der Waals surface area contributed by atoms with Gasteiger partial charge in [0, 0.05) is 12.0 Å². The van der Waals surface area contributed by atoms with Crippen molar-refractivity contribution in [3.8, 4) is 18.1 Å². The van der Waals surface area contributed by atoms with Gasteiger partial charge in [0.1, 0.15) is 5.75 Å². The van der Waals surface area contributed by atoms with Crippen LogP contribution in [0, 0.1) is 18.3 Å². The Morgan fingerprint density at radius 2 is 2.17 bits per heavy atom. The van der Waals surface area contributed by atoms with Gasteiger partial charge in [0.05, 0.1) is 0 Å². The molecule has 1 atom stereocenters. The summed E-state index contributed by atoms with van der Waals surface area (Å²) in [7, 11) is 0. The normalized spacial score (nSPS) is 12.3. The van der Waals surface area contributed by atoms with Crippen molar-refractivity contribution in [2.24, 2.45) is 5.92 Å². The molecule has 1 nitrogen and oxygen atoms in total. The van der Waals surface area contributed by atoms with Crippen LogP contribution in [0.5, 0.6) is 5.75 Å². The highest BCUT2D eigenvalue weighted by molar-refractivity contribution is 5.72. The molecule has 0 aliphatic heterocycles. The lowest BCUT2D eigenvalue weighted by Gasteiger charge is -2.10. The summed E-state index contributed by atoms with van der Waals surface area (Å²) in [6.07, 6.45) is 12.8. The zero-order chi connectivity index (χ0) is 13.5. The molecule has 94 valence electrons. The third-order valence-electron chi connectivity index (χ3n) is 3.09. The molecule has 0 aromatic heterocycles. The van der Waals surface area contributed by atoms with Crippen LogP contribution in [0.25, 0.3) is 12.2 Å². The summed E-state index contributed by atoms with van der Waals surface area (Å²) in [6.45, 7) is 8.09. The van der Waals surface area contributed by atoms with E-state index in [1.807, 2.05) is 12.1 Å². The largest absolute Gasteiger partial charge is 0.507 e. The number of rotatable bonds is 5. The number of aromatic hydroxyl groups is 1. The minimum atomic E-state index is 0.269. The highest BCUT2D eigenvalue weighted by Gasteiger charge is 2.08. The number of allylic oxidation sites excluding steroid dienone is 1. The van der Waals surface area contributed by atoms with Gasteiger partial charge in [0.2, 0.25) is 0 Å². The second-order valence-electron chi connectivity index (χ2n) is 4.40. The lowest BCUT2D eigenvalue weighted by molar-refractivity contribution is 0.473. The van der Waals surface area contributed by atoms with Crippen molar-refractivity contribution in [1.29, 1.82) is 0 Å². The number of hydrogen-bond acceptors (Lipinski definition) is 1. The molecule has 1 aromatic rings. The fourth-order valence-electron chi connectivity index (χ4n) is 1.75. The van der Waals surface area contributed by atoms with Gasteiger partial charge in [-0.15, -0.1) is 12.3 Å². The van der Waals surface area contributed by atoms with Crippen LogP contribution in [0.3, 0.4) is 0 Å². The maximum Gasteiger partial charge on any atom is 0.123 e. The van der Waals surface area contributed by atoms with E-state index >= 15 is 0 Å². The fourth-order valence-corrected chi connectivity index (χ4v) is 1.75. The molecule has 0 heterocycles. The maximum atomic E-state index is 9.95. The second-order valence-corrected chi connectivity index (χ2v) is 4.40. The number of hydrogen-bond donors (Lipinski definition) is 1. The van der Waals surface area contributed by atoms with E-state index in [9.17, 15) is 5.11 Å². The summed E-state index contributed by atoms with van der Waals surface area (Å²) < 4.78 is 0. The first kappa shape index (κ1) is 14.1. The molecule has 0 aliphatic carbocycles. The quantitative estimate of drug-likeness (QED) is 0.762. The van der Waals surface area contributed by atoms with Crippen molar-refractivity contribution in [3.05, 3.63) is 41.5 Å². The molecule has 18 heavy (non-hydrogen) atoms. The molecule has 1 N–H and O–H groups in total. The average Bonchev–Trinajstić information content (AvgIpc) is 2.38. The van der Waals surface area contributed by atoms with E-state index < -0.39 is 0 Å². The Kier molecular flexibility index (Phi) is 5.27. The zero-order valence-corrected chi connectivity index (χ0v) is 11.1. The second kappa shape index (κ2) is 6.71. The van der Waals surface area contributed by atoms with Crippen molar-refractivity contribution in [2.45, 2.75) is 26.7 Å². The summed E-state index contributed by atoms with van der Waals surface area (Å²) in [5.74, 6) is 3.38. The minimum Gasteiger partial charge on any atom is -0.507 e. The predicted octanol–water partition coefficient (Wildman–Crippen LogP) is 4.27. The summed E-state index contributed by atoms with van der Waals surface area (Å²) in [5, 5.41) is 9.95. The van der Waals surface area contributed by atoms with Gasteiger partial charge in [-0.25, -0.2) is 0 Å². The summed E-state index contributed by atoms with van der Waals surface area (Å²) in [4.78, 5) is 0. The van der Waals surface area contributed by atoms with Crippen LogP contribution < -0.4 is 0 Å². The van der Waals surface area contributed by atoms with Crippen LogP contribution in [0.1, 0.15) is 37.0 Å². The predicted molar refractivity (Wildman–Crippen MR) is 79.2 cm³/mol. The van der Waals surface area contributed by atoms with Crippen LogP contribution in [0.4, 0.5) is 0 Å². The van der Waals surface area contributed by atoms with Gasteiger partial charge >= 0.3 is 0 Å². The van der Waals surface area contributed by atoms with Crippen LogP contribution in [0.2, 0.25) is 0 Å². The van der Waals surface area contributed by atoms with E-state index in [1.165, 1.54) is 0 Å². The monoisotopic (exact) mass is 240 g/mol. The average molecular weight is 240 g/mol. The third-order valence-corrected chi connectivity index (χ3v) is 3.09. The summed E-state index contributed by atoms with van der Waals surface area (Å²) >= 11 is 0. The van der Waals surface area contributed by atoms with Crippen molar-refractivity contribution >= 4 is 12.2 Å². The van der Waals surface area contributed by atoms with Crippen LogP contribution in [-0.2, 0) is 6.42 Å². The lowest BCUT2D eigenvalue weighted by Crippen LogP contribution is -1.92. The molecular weight excluding hydrogens is 220 g/mol. The topological polar surface area (TPSA) is 20.2 Å². The van der Waals surface area contributed by atoms with Crippen LogP contribution >= 0.6 is 0 Å². The van der Waals surface area contributed by atoms with E-state index in [2.05, 4.69) is 32.4 Å². The molecule has 0 aliphatic rings. The minimum absolute atomic E-state index is 0.269. The molecule has 0 amide bonds. The van der Waals surface area contributed by atoms with Crippen molar-refractivity contribution in [1.82, 2.24) is 0 Å². The first-order valence-electron chi connectivity index (χ1n) is 6.23. The Balaban J connectivity index is 3.24. The first-order chi connectivity index (χ1) is 8.63. The zero-order valence-electron chi connectivity index (χ0n) is 11.1. The SMILES string of the molecule is C#CCc1ccc(O)c(/C=C\C(C)CC)c1C=C. The Labute approximate surface area is 110 Å². The van der Waals surface area contributed by atoms with Gasteiger partial charge in [0.15, 0.2) is 0 Å². The van der Waals surface area contributed by atoms with Gasteiger partial charge in [0.25, 0.3) is 0 Å². The molecule has 1 unspecified atom stereocenters. The van der Waals surface area contributed by atoms with E-state index in [4.69, 9.17) is 6.42 Å². The van der Waals surface area contributed by atoms with Crippen molar-refractivity contribution in [2.75, 3.05) is 0 Å². The van der Waals surface area contributed by atoms with E-state index in [1.54, 1.807) is 12.1 Å². The summed E-state index contributed by atoms with van der Waals surface area (Å²) in [6, 6.07) is 3.54. The van der Waals surface area contributed by atoms with Gasteiger partial charge in [-0.2, -0.15) is 0 Å². The highest BCUT2D eigenvalue weighted by Crippen LogP contribution is 2.28. The number of benzene rings is 1. The number of phenolic OH excluding ortho intramolecular Hbond substituents is 1.